The van der Waals surface area contributed by atoms with Gasteiger partial charge in [0.05, 0.1) is 17.3 Å². The fraction of sp³-hybridized carbons (Fsp3) is 0.0952. The Hall–Kier alpha value is -2.92. The Morgan fingerprint density at radius 2 is 1.85 bits per heavy atom. The zero-order valence-electron chi connectivity index (χ0n) is 14.1. The van der Waals surface area contributed by atoms with Crippen molar-refractivity contribution in [1.82, 2.24) is 4.98 Å². The van der Waals surface area contributed by atoms with E-state index in [2.05, 4.69) is 11.1 Å². The summed E-state index contributed by atoms with van der Waals surface area (Å²) in [6.07, 6.45) is 0. The second-order valence-electron chi connectivity index (χ2n) is 5.77. The molecule has 0 unspecified atom stereocenters. The van der Waals surface area contributed by atoms with Gasteiger partial charge in [0.1, 0.15) is 17.4 Å². The second-order valence-corrected chi connectivity index (χ2v) is 6.80. The van der Waals surface area contributed by atoms with Crippen LogP contribution in [-0.2, 0) is 6.61 Å². The molecule has 3 aromatic carbocycles. The van der Waals surface area contributed by atoms with E-state index in [0.29, 0.717) is 11.5 Å². The molecule has 130 valence electrons. The van der Waals surface area contributed by atoms with Gasteiger partial charge in [0.25, 0.3) is 0 Å². The van der Waals surface area contributed by atoms with Crippen molar-refractivity contribution in [2.45, 2.75) is 6.61 Å². The highest BCUT2D eigenvalue weighted by molar-refractivity contribution is 7.21. The standard InChI is InChI=1S/C21H16FNO2S/c1-24-19-12-15(21-23-17-7-2-3-8-20(17)26-21)9-10-18(19)25-13-14-5-4-6-16(22)11-14/h2-12H,13H2,1H3. The fourth-order valence-corrected chi connectivity index (χ4v) is 3.67. The van der Waals surface area contributed by atoms with Gasteiger partial charge in [-0.25, -0.2) is 9.37 Å². The zero-order valence-corrected chi connectivity index (χ0v) is 14.9. The maximum Gasteiger partial charge on any atom is 0.161 e. The van der Waals surface area contributed by atoms with Crippen LogP contribution in [0.4, 0.5) is 4.39 Å². The Labute approximate surface area is 154 Å². The molecule has 4 aromatic rings. The van der Waals surface area contributed by atoms with Gasteiger partial charge in [-0.15, -0.1) is 11.3 Å². The summed E-state index contributed by atoms with van der Waals surface area (Å²) >= 11 is 1.64. The number of fused-ring (bicyclic) bond motifs is 1. The first kappa shape index (κ1) is 16.5. The smallest absolute Gasteiger partial charge is 0.161 e. The summed E-state index contributed by atoms with van der Waals surface area (Å²) in [4.78, 5) is 4.67. The average molecular weight is 365 g/mol. The highest BCUT2D eigenvalue weighted by atomic mass is 32.1. The molecule has 0 fully saturated rings. The fourth-order valence-electron chi connectivity index (χ4n) is 2.70. The first-order valence-corrected chi connectivity index (χ1v) is 8.96. The molecule has 0 aliphatic carbocycles. The molecule has 5 heteroatoms. The van der Waals surface area contributed by atoms with E-state index in [-0.39, 0.29) is 12.4 Å². The number of aromatic nitrogens is 1. The van der Waals surface area contributed by atoms with E-state index in [0.717, 1.165) is 26.4 Å². The normalized spacial score (nSPS) is 10.8. The minimum Gasteiger partial charge on any atom is -0.493 e. The highest BCUT2D eigenvalue weighted by Crippen LogP contribution is 2.36. The third-order valence-corrected chi connectivity index (χ3v) is 5.07. The van der Waals surface area contributed by atoms with Crippen LogP contribution in [0.1, 0.15) is 5.56 Å². The number of rotatable bonds is 5. The van der Waals surface area contributed by atoms with Crippen molar-refractivity contribution < 1.29 is 13.9 Å². The summed E-state index contributed by atoms with van der Waals surface area (Å²) in [6, 6.07) is 20.2. The number of hydrogen-bond acceptors (Lipinski definition) is 4. The molecule has 26 heavy (non-hydrogen) atoms. The number of hydrogen-bond donors (Lipinski definition) is 0. The summed E-state index contributed by atoms with van der Waals surface area (Å²) < 4.78 is 25.7. The predicted octanol–water partition coefficient (Wildman–Crippen LogP) is 5.69. The van der Waals surface area contributed by atoms with E-state index in [4.69, 9.17) is 9.47 Å². The lowest BCUT2D eigenvalue weighted by atomic mass is 10.2. The number of benzene rings is 3. The monoisotopic (exact) mass is 365 g/mol. The number of nitrogens with zero attached hydrogens (tertiary/aromatic N) is 1. The SMILES string of the molecule is COc1cc(-c2nc3ccccc3s2)ccc1OCc1cccc(F)c1. The van der Waals surface area contributed by atoms with Crippen LogP contribution in [-0.4, -0.2) is 12.1 Å². The maximum absolute atomic E-state index is 13.3. The lowest BCUT2D eigenvalue weighted by Gasteiger charge is -2.11. The van der Waals surface area contributed by atoms with Gasteiger partial charge in [-0.2, -0.15) is 0 Å². The first-order valence-electron chi connectivity index (χ1n) is 8.14. The quantitative estimate of drug-likeness (QED) is 0.455. The molecule has 4 rings (SSSR count). The van der Waals surface area contributed by atoms with Crippen molar-refractivity contribution in [3.63, 3.8) is 0 Å². The van der Waals surface area contributed by atoms with Crippen molar-refractivity contribution in [3.8, 4) is 22.1 Å². The molecule has 0 aliphatic heterocycles. The lowest BCUT2D eigenvalue weighted by Crippen LogP contribution is -1.98. The topological polar surface area (TPSA) is 31.4 Å². The van der Waals surface area contributed by atoms with Gasteiger partial charge < -0.3 is 9.47 Å². The van der Waals surface area contributed by atoms with Crippen LogP contribution < -0.4 is 9.47 Å². The van der Waals surface area contributed by atoms with Crippen LogP contribution in [0.2, 0.25) is 0 Å². The summed E-state index contributed by atoms with van der Waals surface area (Å²) in [5.74, 6) is 0.962. The van der Waals surface area contributed by atoms with Crippen molar-refractivity contribution in [1.29, 1.82) is 0 Å². The molecule has 0 N–H and O–H groups in total. The number of methoxy groups -OCH3 is 1. The molecule has 0 aliphatic rings. The predicted molar refractivity (Wildman–Crippen MR) is 102 cm³/mol. The van der Waals surface area contributed by atoms with Gasteiger partial charge in [0.2, 0.25) is 0 Å². The maximum atomic E-state index is 13.3. The summed E-state index contributed by atoms with van der Waals surface area (Å²) in [5.41, 5.74) is 2.72. The Morgan fingerprint density at radius 3 is 2.65 bits per heavy atom. The second kappa shape index (κ2) is 7.14. The van der Waals surface area contributed by atoms with Gasteiger partial charge in [-0.3, -0.25) is 0 Å². The summed E-state index contributed by atoms with van der Waals surface area (Å²) in [5, 5.41) is 0.932. The van der Waals surface area contributed by atoms with Gasteiger partial charge in [-0.05, 0) is 48.0 Å². The number of thiazole rings is 1. The van der Waals surface area contributed by atoms with Crippen molar-refractivity contribution in [2.75, 3.05) is 7.11 Å². The number of halogens is 1. The third-order valence-electron chi connectivity index (χ3n) is 3.99. The van der Waals surface area contributed by atoms with Crippen LogP contribution in [0, 0.1) is 5.82 Å². The summed E-state index contributed by atoms with van der Waals surface area (Å²) in [7, 11) is 1.60. The van der Waals surface area contributed by atoms with E-state index in [9.17, 15) is 4.39 Å². The number of ether oxygens (including phenoxy) is 2. The largest absolute Gasteiger partial charge is 0.493 e. The Balaban J connectivity index is 1.59. The molecular weight excluding hydrogens is 349 g/mol. The van der Waals surface area contributed by atoms with E-state index in [1.54, 1.807) is 24.5 Å². The average Bonchev–Trinajstić information content (AvgIpc) is 3.10. The highest BCUT2D eigenvalue weighted by Gasteiger charge is 2.11. The lowest BCUT2D eigenvalue weighted by molar-refractivity contribution is 0.284. The van der Waals surface area contributed by atoms with Gasteiger partial charge >= 0.3 is 0 Å². The molecule has 0 saturated heterocycles. The van der Waals surface area contributed by atoms with E-state index < -0.39 is 0 Å². The van der Waals surface area contributed by atoms with E-state index in [1.807, 2.05) is 42.5 Å². The zero-order chi connectivity index (χ0) is 17.9. The minimum atomic E-state index is -0.274. The Morgan fingerprint density at radius 1 is 0.962 bits per heavy atom. The Kier molecular flexibility index (Phi) is 4.54. The summed E-state index contributed by atoms with van der Waals surface area (Å²) in [6.45, 7) is 0.272. The molecular formula is C21H16FNO2S. The van der Waals surface area contributed by atoms with Crippen LogP contribution in [0.15, 0.2) is 66.7 Å². The molecule has 0 radical (unpaired) electrons. The number of para-hydroxylation sites is 1. The van der Waals surface area contributed by atoms with Crippen molar-refractivity contribution in [2.24, 2.45) is 0 Å². The Bertz CT molecular complexity index is 1030. The van der Waals surface area contributed by atoms with Gasteiger partial charge in [-0.1, -0.05) is 24.3 Å². The molecule has 0 atom stereocenters. The van der Waals surface area contributed by atoms with Gasteiger partial charge in [0.15, 0.2) is 11.5 Å². The third kappa shape index (κ3) is 3.39. The minimum absolute atomic E-state index is 0.272. The van der Waals surface area contributed by atoms with Crippen LogP contribution in [0.5, 0.6) is 11.5 Å². The molecule has 0 saturated carbocycles. The molecule has 0 spiro atoms. The molecule has 0 bridgehead atoms. The van der Waals surface area contributed by atoms with Crippen LogP contribution in [0.25, 0.3) is 20.8 Å². The van der Waals surface area contributed by atoms with Crippen LogP contribution in [0.3, 0.4) is 0 Å². The molecule has 0 amide bonds. The molecule has 1 heterocycles. The molecule has 1 aromatic heterocycles. The van der Waals surface area contributed by atoms with E-state index in [1.165, 1.54) is 12.1 Å². The van der Waals surface area contributed by atoms with Crippen molar-refractivity contribution in [3.05, 3.63) is 78.1 Å². The first-order chi connectivity index (χ1) is 12.7. The van der Waals surface area contributed by atoms with Crippen LogP contribution >= 0.6 is 11.3 Å². The van der Waals surface area contributed by atoms with Crippen molar-refractivity contribution >= 4 is 21.6 Å². The van der Waals surface area contributed by atoms with E-state index >= 15 is 0 Å². The molecule has 3 nitrogen and oxygen atoms in total. The van der Waals surface area contributed by atoms with Gasteiger partial charge in [0, 0.05) is 5.56 Å².